The fourth-order valence-corrected chi connectivity index (χ4v) is 3.65. The van der Waals surface area contributed by atoms with Gasteiger partial charge >= 0.3 is 12.5 Å². The number of nitrogens with zero attached hydrogens (tertiary/aromatic N) is 2. The lowest BCUT2D eigenvalue weighted by Gasteiger charge is -2.32. The Morgan fingerprint density at radius 2 is 2.00 bits per heavy atom. The Kier molecular flexibility index (Phi) is 5.78. The Hall–Kier alpha value is -2.82. The monoisotopic (exact) mass is 444 g/mol. The van der Waals surface area contributed by atoms with Crippen LogP contribution in [0.1, 0.15) is 36.5 Å². The molecule has 2 heterocycles. The molecule has 11 heteroatoms. The third-order valence-corrected chi connectivity index (χ3v) is 5.33. The summed E-state index contributed by atoms with van der Waals surface area (Å²) in [7, 11) is 0. The van der Waals surface area contributed by atoms with Crippen molar-refractivity contribution in [1.29, 1.82) is 0 Å². The fraction of sp³-hybridized carbons (Fsp3) is 0.500. The van der Waals surface area contributed by atoms with Gasteiger partial charge in [0.15, 0.2) is 0 Å². The van der Waals surface area contributed by atoms with Crippen molar-refractivity contribution in [3.8, 4) is 17.0 Å². The van der Waals surface area contributed by atoms with Crippen LogP contribution in [0.3, 0.4) is 0 Å². The summed E-state index contributed by atoms with van der Waals surface area (Å²) in [5, 5.41) is 13.0. The number of alkyl halides is 4. The van der Waals surface area contributed by atoms with Crippen molar-refractivity contribution in [2.45, 2.75) is 50.4 Å². The van der Waals surface area contributed by atoms with E-state index in [1.165, 1.54) is 18.2 Å². The summed E-state index contributed by atoms with van der Waals surface area (Å²) in [4.78, 5) is 12.0. The third kappa shape index (κ3) is 4.92. The molecule has 168 valence electrons. The van der Waals surface area contributed by atoms with E-state index in [1.54, 1.807) is 6.07 Å². The van der Waals surface area contributed by atoms with E-state index in [2.05, 4.69) is 9.89 Å². The van der Waals surface area contributed by atoms with Gasteiger partial charge in [0, 0.05) is 23.6 Å². The maximum absolute atomic E-state index is 14.4. The Balaban J connectivity index is 1.57. The van der Waals surface area contributed by atoms with Crippen molar-refractivity contribution in [2.24, 2.45) is 0 Å². The number of ether oxygens (including phenoxy) is 2. The number of piperidine rings is 1. The summed E-state index contributed by atoms with van der Waals surface area (Å²) < 4.78 is 68.2. The SMILES string of the molecule is O=C(O)N1CCC(OCc2c(-c3ccccc3OC(F)(F)F)noc2C2CC2)[C@@H](F)C1. The van der Waals surface area contributed by atoms with Gasteiger partial charge in [-0.05, 0) is 31.4 Å². The maximum atomic E-state index is 14.4. The van der Waals surface area contributed by atoms with Gasteiger partial charge in [-0.1, -0.05) is 17.3 Å². The van der Waals surface area contributed by atoms with Crippen molar-refractivity contribution in [3.63, 3.8) is 0 Å². The predicted octanol–water partition coefficient (Wildman–Crippen LogP) is 4.72. The number of carboxylic acid groups (broad SMARTS) is 1. The van der Waals surface area contributed by atoms with Gasteiger partial charge in [0.05, 0.1) is 19.3 Å². The van der Waals surface area contributed by atoms with Crippen LogP contribution >= 0.6 is 0 Å². The summed E-state index contributed by atoms with van der Waals surface area (Å²) in [6.07, 6.45) is -6.56. The molecule has 4 rings (SSSR count). The second kappa shape index (κ2) is 8.37. The second-order valence-corrected chi connectivity index (χ2v) is 7.57. The topological polar surface area (TPSA) is 85.0 Å². The van der Waals surface area contributed by atoms with Gasteiger partial charge in [0.2, 0.25) is 0 Å². The zero-order chi connectivity index (χ0) is 22.2. The lowest BCUT2D eigenvalue weighted by atomic mass is 10.0. The van der Waals surface area contributed by atoms with Gasteiger partial charge in [-0.3, -0.25) is 0 Å². The minimum absolute atomic E-state index is 0.0885. The minimum Gasteiger partial charge on any atom is -0.465 e. The number of hydrogen-bond donors (Lipinski definition) is 1. The molecule has 1 aromatic carbocycles. The molecule has 1 unspecified atom stereocenters. The maximum Gasteiger partial charge on any atom is 0.573 e. The van der Waals surface area contributed by atoms with Gasteiger partial charge in [-0.2, -0.15) is 0 Å². The zero-order valence-electron chi connectivity index (χ0n) is 16.3. The first-order chi connectivity index (χ1) is 14.7. The van der Waals surface area contributed by atoms with Crippen LogP contribution in [0.4, 0.5) is 22.4 Å². The van der Waals surface area contributed by atoms with Crippen molar-refractivity contribution in [1.82, 2.24) is 10.1 Å². The predicted molar refractivity (Wildman–Crippen MR) is 98.3 cm³/mol. The molecule has 1 saturated carbocycles. The molecule has 0 bridgehead atoms. The molecule has 1 saturated heterocycles. The molecule has 1 amide bonds. The number of amides is 1. The highest BCUT2D eigenvalue weighted by atomic mass is 19.4. The van der Waals surface area contributed by atoms with Gasteiger partial charge in [0.1, 0.15) is 23.4 Å². The number of hydrogen-bond acceptors (Lipinski definition) is 5. The second-order valence-electron chi connectivity index (χ2n) is 7.57. The highest BCUT2D eigenvalue weighted by Gasteiger charge is 2.37. The van der Waals surface area contributed by atoms with E-state index >= 15 is 0 Å². The van der Waals surface area contributed by atoms with E-state index in [0.717, 1.165) is 17.7 Å². The number of halogens is 4. The minimum atomic E-state index is -4.88. The molecule has 2 aromatic rings. The van der Waals surface area contributed by atoms with Crippen LogP contribution < -0.4 is 4.74 Å². The third-order valence-electron chi connectivity index (χ3n) is 5.33. The lowest BCUT2D eigenvalue weighted by molar-refractivity contribution is -0.274. The van der Waals surface area contributed by atoms with Crippen LogP contribution in [-0.4, -0.2) is 53.0 Å². The lowest BCUT2D eigenvalue weighted by Crippen LogP contribution is -2.47. The fourth-order valence-electron chi connectivity index (χ4n) is 3.65. The van der Waals surface area contributed by atoms with Crippen molar-refractivity contribution < 1.29 is 41.5 Å². The van der Waals surface area contributed by atoms with Crippen LogP contribution in [0, 0.1) is 0 Å². The van der Waals surface area contributed by atoms with Gasteiger partial charge < -0.3 is 24.0 Å². The number of likely N-dealkylation sites (tertiary alicyclic amines) is 1. The van der Waals surface area contributed by atoms with E-state index in [0.29, 0.717) is 11.3 Å². The van der Waals surface area contributed by atoms with Crippen LogP contribution in [-0.2, 0) is 11.3 Å². The number of para-hydroxylation sites is 1. The average Bonchev–Trinajstić information content (AvgIpc) is 3.46. The Bertz CT molecular complexity index is 944. The van der Waals surface area contributed by atoms with Gasteiger partial charge in [0.25, 0.3) is 0 Å². The molecule has 2 fully saturated rings. The van der Waals surface area contributed by atoms with E-state index < -0.39 is 30.5 Å². The van der Waals surface area contributed by atoms with Crippen LogP contribution in [0.25, 0.3) is 11.3 Å². The highest BCUT2D eigenvalue weighted by Crippen LogP contribution is 2.45. The molecule has 1 aliphatic carbocycles. The molecule has 1 N–H and O–H groups in total. The molecule has 2 aliphatic rings. The smallest absolute Gasteiger partial charge is 0.465 e. The Labute approximate surface area is 174 Å². The van der Waals surface area contributed by atoms with Crippen LogP contribution in [0.15, 0.2) is 28.8 Å². The summed E-state index contributed by atoms with van der Waals surface area (Å²) in [6, 6.07) is 5.57. The number of rotatable bonds is 6. The normalized spacial score (nSPS) is 21.9. The van der Waals surface area contributed by atoms with Crippen molar-refractivity contribution in [3.05, 3.63) is 35.6 Å². The van der Waals surface area contributed by atoms with Crippen LogP contribution in [0.2, 0.25) is 0 Å². The summed E-state index contributed by atoms with van der Waals surface area (Å²) >= 11 is 0. The molecule has 0 radical (unpaired) electrons. The van der Waals surface area contributed by atoms with E-state index in [9.17, 15) is 22.4 Å². The largest absolute Gasteiger partial charge is 0.573 e. The van der Waals surface area contributed by atoms with E-state index in [1.807, 2.05) is 0 Å². The zero-order valence-corrected chi connectivity index (χ0v) is 16.3. The highest BCUT2D eigenvalue weighted by molar-refractivity contribution is 5.70. The average molecular weight is 444 g/mol. The quantitative estimate of drug-likeness (QED) is 0.649. The first-order valence-corrected chi connectivity index (χ1v) is 9.80. The Morgan fingerprint density at radius 3 is 2.65 bits per heavy atom. The van der Waals surface area contributed by atoms with Crippen LogP contribution in [0.5, 0.6) is 5.75 Å². The summed E-state index contributed by atoms with van der Waals surface area (Å²) in [6.45, 7) is -0.286. The van der Waals surface area contributed by atoms with E-state index in [4.69, 9.17) is 14.4 Å². The molecule has 31 heavy (non-hydrogen) atoms. The molecule has 2 atom stereocenters. The summed E-state index contributed by atoms with van der Waals surface area (Å²) in [5.41, 5.74) is 0.695. The first kappa shape index (κ1) is 21.4. The molecular formula is C20H20F4N2O5. The number of aromatic nitrogens is 1. The van der Waals surface area contributed by atoms with E-state index in [-0.39, 0.29) is 43.3 Å². The molecule has 7 nitrogen and oxygen atoms in total. The Morgan fingerprint density at radius 1 is 1.26 bits per heavy atom. The summed E-state index contributed by atoms with van der Waals surface area (Å²) in [5.74, 6) is 0.172. The molecular weight excluding hydrogens is 424 g/mol. The van der Waals surface area contributed by atoms with Gasteiger partial charge in [-0.15, -0.1) is 13.2 Å². The van der Waals surface area contributed by atoms with Crippen molar-refractivity contribution in [2.75, 3.05) is 13.1 Å². The number of carbonyl (C=O) groups is 1. The first-order valence-electron chi connectivity index (χ1n) is 9.80. The molecule has 1 aliphatic heterocycles. The molecule has 0 spiro atoms. The standard InChI is InChI=1S/C20H20F4N2O5/c21-14-9-26(19(27)28)8-7-16(14)29-10-13-17(25-31-18(13)11-5-6-11)12-3-1-2-4-15(12)30-20(22,23)24/h1-4,11,14,16H,5-10H2,(H,27,28)/t14-,16?/m0/s1. The van der Waals surface area contributed by atoms with Crippen molar-refractivity contribution >= 4 is 6.09 Å². The number of benzene rings is 1. The molecule has 1 aromatic heterocycles. The van der Waals surface area contributed by atoms with Gasteiger partial charge in [-0.25, -0.2) is 9.18 Å².